The van der Waals surface area contributed by atoms with Crippen LogP contribution in [0.3, 0.4) is 0 Å². The minimum Gasteiger partial charge on any atom is -0.379 e. The number of amides is 1. The maximum absolute atomic E-state index is 12.5. The number of piperidine rings is 1. The normalized spacial score (nSPS) is 36.2. The highest BCUT2D eigenvalue weighted by Crippen LogP contribution is 2.41. The van der Waals surface area contributed by atoms with Crippen LogP contribution >= 0.6 is 0 Å². The molecule has 3 fully saturated rings. The van der Waals surface area contributed by atoms with Crippen LogP contribution in [0.1, 0.15) is 26.2 Å². The monoisotopic (exact) mass is 287 g/mol. The number of nitrogens with zero attached hydrogens (tertiary/aromatic N) is 1. The molecule has 1 atom stereocenters. The Morgan fingerprint density at radius 2 is 2.00 bits per heavy atom. The average Bonchev–Trinajstić information content (AvgIpc) is 2.60. The summed E-state index contributed by atoms with van der Waals surface area (Å²) in [5.74, 6) is 0.689. The minimum absolute atomic E-state index is 0.141. The first-order chi connectivity index (χ1) is 8.84. The molecular weight excluding hydrogens is 266 g/mol. The van der Waals surface area contributed by atoms with Crippen LogP contribution in [0.5, 0.6) is 0 Å². The van der Waals surface area contributed by atoms with Gasteiger partial charge in [0.2, 0.25) is 5.91 Å². The van der Waals surface area contributed by atoms with Crippen molar-refractivity contribution in [1.82, 2.24) is 4.90 Å². The molecule has 0 radical (unpaired) electrons. The predicted octanol–water partition coefficient (Wildman–Crippen LogP) is 0.450. The van der Waals surface area contributed by atoms with Crippen molar-refractivity contribution in [2.75, 3.05) is 37.8 Å². The summed E-state index contributed by atoms with van der Waals surface area (Å²) in [5, 5.41) is 0. The number of rotatable bonds is 1. The zero-order valence-corrected chi connectivity index (χ0v) is 12.2. The molecule has 0 N–H and O–H groups in total. The SMILES string of the molecule is CC1(C(=O)N2CCC[C@@]3(CCS(=O)(=O)C3)C2)COC1. The third-order valence-corrected chi connectivity index (χ3v) is 6.65. The number of sulfone groups is 1. The van der Waals surface area contributed by atoms with E-state index >= 15 is 0 Å². The molecule has 3 aliphatic rings. The second kappa shape index (κ2) is 4.19. The lowest BCUT2D eigenvalue weighted by Gasteiger charge is -2.45. The average molecular weight is 287 g/mol. The molecule has 108 valence electrons. The van der Waals surface area contributed by atoms with Crippen molar-refractivity contribution in [3.8, 4) is 0 Å². The summed E-state index contributed by atoms with van der Waals surface area (Å²) in [6.07, 6.45) is 2.56. The van der Waals surface area contributed by atoms with E-state index in [1.54, 1.807) is 0 Å². The Balaban J connectivity index is 1.74. The number of likely N-dealkylation sites (tertiary alicyclic amines) is 1. The summed E-state index contributed by atoms with van der Waals surface area (Å²) in [6, 6.07) is 0. The fourth-order valence-electron chi connectivity index (χ4n) is 3.60. The smallest absolute Gasteiger partial charge is 0.233 e. The fourth-order valence-corrected chi connectivity index (χ4v) is 5.80. The van der Waals surface area contributed by atoms with E-state index < -0.39 is 9.84 Å². The lowest BCUT2D eigenvalue weighted by molar-refractivity contribution is -0.171. The summed E-state index contributed by atoms with van der Waals surface area (Å²) in [6.45, 7) is 4.30. The molecule has 1 amide bonds. The van der Waals surface area contributed by atoms with Crippen LogP contribution in [-0.4, -0.2) is 57.0 Å². The molecule has 0 aromatic carbocycles. The Labute approximate surface area is 114 Å². The van der Waals surface area contributed by atoms with Gasteiger partial charge in [-0.05, 0) is 26.2 Å². The molecule has 0 aromatic rings. The van der Waals surface area contributed by atoms with E-state index in [4.69, 9.17) is 4.74 Å². The molecule has 3 heterocycles. The first-order valence-electron chi connectivity index (χ1n) is 6.92. The van der Waals surface area contributed by atoms with Crippen molar-refractivity contribution < 1.29 is 17.9 Å². The fraction of sp³-hybridized carbons (Fsp3) is 0.923. The van der Waals surface area contributed by atoms with Gasteiger partial charge < -0.3 is 9.64 Å². The van der Waals surface area contributed by atoms with Crippen molar-refractivity contribution in [3.05, 3.63) is 0 Å². The Bertz CT molecular complexity index is 497. The second-order valence-corrected chi connectivity index (χ2v) is 8.91. The van der Waals surface area contributed by atoms with Gasteiger partial charge in [-0.25, -0.2) is 8.42 Å². The van der Waals surface area contributed by atoms with Crippen molar-refractivity contribution in [1.29, 1.82) is 0 Å². The van der Waals surface area contributed by atoms with E-state index in [1.165, 1.54) is 0 Å². The maximum atomic E-state index is 12.5. The van der Waals surface area contributed by atoms with E-state index in [2.05, 4.69) is 0 Å². The maximum Gasteiger partial charge on any atom is 0.233 e. The van der Waals surface area contributed by atoms with Crippen LogP contribution < -0.4 is 0 Å². The van der Waals surface area contributed by atoms with Crippen molar-refractivity contribution in [2.45, 2.75) is 26.2 Å². The highest BCUT2D eigenvalue weighted by Gasteiger charge is 2.49. The lowest BCUT2D eigenvalue weighted by atomic mass is 9.78. The lowest BCUT2D eigenvalue weighted by Crippen LogP contribution is -2.57. The van der Waals surface area contributed by atoms with Crippen molar-refractivity contribution in [3.63, 3.8) is 0 Å². The summed E-state index contributed by atoms with van der Waals surface area (Å²) >= 11 is 0. The van der Waals surface area contributed by atoms with E-state index in [-0.39, 0.29) is 28.2 Å². The third-order valence-electron chi connectivity index (χ3n) is 4.78. The van der Waals surface area contributed by atoms with E-state index in [0.29, 0.717) is 26.2 Å². The van der Waals surface area contributed by atoms with Gasteiger partial charge in [0.1, 0.15) is 0 Å². The molecule has 1 spiro atoms. The zero-order valence-electron chi connectivity index (χ0n) is 11.4. The van der Waals surface area contributed by atoms with Crippen LogP contribution in [0.15, 0.2) is 0 Å². The first kappa shape index (κ1) is 13.4. The van der Waals surface area contributed by atoms with Crippen LogP contribution in [0.4, 0.5) is 0 Å². The summed E-state index contributed by atoms with van der Waals surface area (Å²) in [4.78, 5) is 14.4. The van der Waals surface area contributed by atoms with Gasteiger partial charge >= 0.3 is 0 Å². The van der Waals surface area contributed by atoms with E-state index in [9.17, 15) is 13.2 Å². The molecular formula is C13H21NO4S. The van der Waals surface area contributed by atoms with Gasteiger partial charge in [-0.15, -0.1) is 0 Å². The Kier molecular flexibility index (Phi) is 2.94. The van der Waals surface area contributed by atoms with Crippen LogP contribution in [0, 0.1) is 10.8 Å². The molecule has 6 heteroatoms. The van der Waals surface area contributed by atoms with Gasteiger partial charge in [-0.3, -0.25) is 4.79 Å². The number of carbonyl (C=O) groups excluding carboxylic acids is 1. The number of carbonyl (C=O) groups is 1. The topological polar surface area (TPSA) is 63.7 Å². The first-order valence-corrected chi connectivity index (χ1v) is 8.74. The largest absolute Gasteiger partial charge is 0.379 e. The second-order valence-electron chi connectivity index (χ2n) is 6.73. The van der Waals surface area contributed by atoms with Crippen LogP contribution in [-0.2, 0) is 19.4 Å². The van der Waals surface area contributed by atoms with Gasteiger partial charge in [0.05, 0.1) is 30.1 Å². The van der Waals surface area contributed by atoms with Gasteiger partial charge in [0.25, 0.3) is 0 Å². The number of ether oxygens (including phenoxy) is 1. The highest BCUT2D eigenvalue weighted by atomic mass is 32.2. The molecule has 0 bridgehead atoms. The Morgan fingerprint density at radius 1 is 1.26 bits per heavy atom. The van der Waals surface area contributed by atoms with Crippen molar-refractivity contribution >= 4 is 15.7 Å². The molecule has 0 aliphatic carbocycles. The standard InChI is InChI=1S/C13H21NO4S/c1-12(8-18-9-12)11(15)14-5-2-3-13(7-14)4-6-19(16,17)10-13/h2-10H2,1H3/t13-/m1/s1. The van der Waals surface area contributed by atoms with Crippen LogP contribution in [0.25, 0.3) is 0 Å². The molecule has 0 unspecified atom stereocenters. The molecule has 3 saturated heterocycles. The van der Waals surface area contributed by atoms with Gasteiger partial charge in [-0.1, -0.05) is 0 Å². The summed E-state index contributed by atoms with van der Waals surface area (Å²) in [5.41, 5.74) is -0.552. The highest BCUT2D eigenvalue weighted by molar-refractivity contribution is 7.91. The van der Waals surface area contributed by atoms with E-state index in [0.717, 1.165) is 19.4 Å². The van der Waals surface area contributed by atoms with Crippen molar-refractivity contribution in [2.24, 2.45) is 10.8 Å². The number of hydrogen-bond donors (Lipinski definition) is 0. The number of hydrogen-bond acceptors (Lipinski definition) is 4. The van der Waals surface area contributed by atoms with Gasteiger partial charge in [0, 0.05) is 18.5 Å². The molecule has 3 rings (SSSR count). The Hall–Kier alpha value is -0.620. The van der Waals surface area contributed by atoms with Crippen LogP contribution in [0.2, 0.25) is 0 Å². The van der Waals surface area contributed by atoms with Gasteiger partial charge in [-0.2, -0.15) is 0 Å². The quantitative estimate of drug-likeness (QED) is 0.702. The Morgan fingerprint density at radius 3 is 2.53 bits per heavy atom. The summed E-state index contributed by atoms with van der Waals surface area (Å²) < 4.78 is 28.6. The van der Waals surface area contributed by atoms with Gasteiger partial charge in [0.15, 0.2) is 9.84 Å². The molecule has 5 nitrogen and oxygen atoms in total. The summed E-state index contributed by atoms with van der Waals surface area (Å²) in [7, 11) is -2.89. The third kappa shape index (κ3) is 2.29. The zero-order chi connectivity index (χ0) is 13.7. The molecule has 3 aliphatic heterocycles. The minimum atomic E-state index is -2.89. The predicted molar refractivity (Wildman–Crippen MR) is 70.4 cm³/mol. The molecule has 0 saturated carbocycles. The molecule has 0 aromatic heterocycles. The molecule has 19 heavy (non-hydrogen) atoms. The van der Waals surface area contributed by atoms with E-state index in [1.807, 2.05) is 11.8 Å².